The summed E-state index contributed by atoms with van der Waals surface area (Å²) in [7, 11) is 3.36. The Bertz CT molecular complexity index is 844. The minimum absolute atomic E-state index is 0. The number of guanidine groups is 1. The Kier molecular flexibility index (Phi) is 11.4. The van der Waals surface area contributed by atoms with Crippen LogP contribution in [0, 0.1) is 0 Å². The topological polar surface area (TPSA) is 71.5 Å². The number of hydrogen-bond acceptors (Lipinski definition) is 6. The number of aliphatic imine (C=N–C) groups is 1. The molecule has 2 aromatic rings. The molecule has 0 bridgehead atoms. The SMILES string of the molecule is CCNC(=NCc1cccnc1OCCOC)N1CCN(c2cccc(OC)c2)CC1.I. The molecular weight excluding hydrogens is 521 g/mol. The zero-order chi connectivity index (χ0) is 21.9. The summed E-state index contributed by atoms with van der Waals surface area (Å²) in [4.78, 5) is 13.9. The van der Waals surface area contributed by atoms with Crippen molar-refractivity contribution in [1.82, 2.24) is 15.2 Å². The molecule has 8 nitrogen and oxygen atoms in total. The van der Waals surface area contributed by atoms with E-state index in [1.807, 2.05) is 24.3 Å². The lowest BCUT2D eigenvalue weighted by molar-refractivity contribution is 0.143. The largest absolute Gasteiger partial charge is 0.497 e. The molecule has 0 saturated carbocycles. The molecule has 1 aromatic heterocycles. The third kappa shape index (κ3) is 7.40. The highest BCUT2D eigenvalue weighted by Gasteiger charge is 2.20. The Balaban J connectivity index is 0.00000363. The molecule has 0 spiro atoms. The van der Waals surface area contributed by atoms with Crippen LogP contribution in [0.1, 0.15) is 12.5 Å². The average Bonchev–Trinajstić information content (AvgIpc) is 2.83. The summed E-state index contributed by atoms with van der Waals surface area (Å²) in [5.41, 5.74) is 2.15. The van der Waals surface area contributed by atoms with Crippen molar-refractivity contribution in [3.63, 3.8) is 0 Å². The molecule has 3 rings (SSSR count). The van der Waals surface area contributed by atoms with E-state index < -0.39 is 0 Å². The molecule has 1 aromatic carbocycles. The smallest absolute Gasteiger partial charge is 0.218 e. The number of methoxy groups -OCH3 is 2. The van der Waals surface area contributed by atoms with Gasteiger partial charge in [0.05, 0.1) is 20.3 Å². The molecule has 1 N–H and O–H groups in total. The number of halogens is 1. The normalized spacial score (nSPS) is 14.0. The molecule has 0 radical (unpaired) electrons. The van der Waals surface area contributed by atoms with Crippen molar-refractivity contribution in [1.29, 1.82) is 0 Å². The van der Waals surface area contributed by atoms with Crippen LogP contribution in [-0.2, 0) is 11.3 Å². The van der Waals surface area contributed by atoms with Gasteiger partial charge in [0.15, 0.2) is 5.96 Å². The van der Waals surface area contributed by atoms with E-state index in [0.29, 0.717) is 25.6 Å². The molecule has 1 saturated heterocycles. The Morgan fingerprint density at radius 1 is 1.09 bits per heavy atom. The van der Waals surface area contributed by atoms with Crippen LogP contribution >= 0.6 is 24.0 Å². The maximum Gasteiger partial charge on any atom is 0.218 e. The molecule has 9 heteroatoms. The fraction of sp³-hybridized carbons (Fsp3) is 0.478. The van der Waals surface area contributed by atoms with Gasteiger partial charge < -0.3 is 29.3 Å². The van der Waals surface area contributed by atoms with Crippen molar-refractivity contribution in [2.24, 2.45) is 4.99 Å². The van der Waals surface area contributed by atoms with Crippen molar-refractivity contribution < 1.29 is 14.2 Å². The van der Waals surface area contributed by atoms with Gasteiger partial charge in [-0.1, -0.05) is 12.1 Å². The second-order valence-electron chi connectivity index (χ2n) is 7.15. The Labute approximate surface area is 208 Å². The summed E-state index contributed by atoms with van der Waals surface area (Å²) in [5.74, 6) is 2.41. The van der Waals surface area contributed by atoms with Gasteiger partial charge in [-0.2, -0.15) is 0 Å². The maximum atomic E-state index is 5.74. The van der Waals surface area contributed by atoms with Gasteiger partial charge in [0.2, 0.25) is 5.88 Å². The van der Waals surface area contributed by atoms with Crippen LogP contribution in [0.4, 0.5) is 5.69 Å². The van der Waals surface area contributed by atoms with E-state index in [-0.39, 0.29) is 24.0 Å². The van der Waals surface area contributed by atoms with Crippen LogP contribution in [-0.4, -0.2) is 76.0 Å². The van der Waals surface area contributed by atoms with Crippen molar-refractivity contribution >= 4 is 35.6 Å². The molecule has 0 amide bonds. The van der Waals surface area contributed by atoms with Gasteiger partial charge in [0, 0.05) is 63.3 Å². The number of anilines is 1. The standard InChI is InChI=1S/C23H33N5O3.HI/c1-4-24-23(26-18-19-7-6-10-25-22(19)31-16-15-29-2)28-13-11-27(12-14-28)20-8-5-9-21(17-20)30-3;/h5-10,17H,4,11-16,18H2,1-3H3,(H,24,26);1H. The zero-order valence-corrected chi connectivity index (χ0v) is 21.5. The van der Waals surface area contributed by atoms with Crippen LogP contribution in [0.2, 0.25) is 0 Å². The number of benzene rings is 1. The van der Waals surface area contributed by atoms with Gasteiger partial charge in [-0.25, -0.2) is 9.98 Å². The van der Waals surface area contributed by atoms with Gasteiger partial charge >= 0.3 is 0 Å². The molecule has 0 aliphatic carbocycles. The highest BCUT2D eigenvalue weighted by atomic mass is 127. The summed E-state index contributed by atoms with van der Waals surface area (Å²) in [6.45, 7) is 8.06. The lowest BCUT2D eigenvalue weighted by Gasteiger charge is -2.37. The summed E-state index contributed by atoms with van der Waals surface area (Å²) < 4.78 is 16.2. The van der Waals surface area contributed by atoms with Gasteiger partial charge in [0.25, 0.3) is 0 Å². The molecule has 32 heavy (non-hydrogen) atoms. The lowest BCUT2D eigenvalue weighted by atomic mass is 10.2. The summed E-state index contributed by atoms with van der Waals surface area (Å²) in [6.07, 6.45) is 1.73. The zero-order valence-electron chi connectivity index (χ0n) is 19.1. The van der Waals surface area contributed by atoms with Crippen LogP contribution in [0.5, 0.6) is 11.6 Å². The van der Waals surface area contributed by atoms with E-state index >= 15 is 0 Å². The van der Waals surface area contributed by atoms with Gasteiger partial charge in [-0.15, -0.1) is 24.0 Å². The number of pyridine rings is 1. The van der Waals surface area contributed by atoms with E-state index in [1.165, 1.54) is 5.69 Å². The highest BCUT2D eigenvalue weighted by molar-refractivity contribution is 14.0. The second-order valence-corrected chi connectivity index (χ2v) is 7.15. The number of ether oxygens (including phenoxy) is 3. The first-order valence-electron chi connectivity index (χ1n) is 10.7. The van der Waals surface area contributed by atoms with Gasteiger partial charge in [-0.05, 0) is 25.1 Å². The number of nitrogens with one attached hydrogen (secondary N) is 1. The number of rotatable bonds is 9. The summed E-state index contributed by atoms with van der Waals surface area (Å²) in [5, 5.41) is 3.42. The van der Waals surface area contributed by atoms with Crippen molar-refractivity contribution in [2.45, 2.75) is 13.5 Å². The van der Waals surface area contributed by atoms with E-state index in [4.69, 9.17) is 19.2 Å². The molecule has 0 unspecified atom stereocenters. The molecule has 0 atom stereocenters. The minimum atomic E-state index is 0. The lowest BCUT2D eigenvalue weighted by Crippen LogP contribution is -2.52. The van der Waals surface area contributed by atoms with E-state index in [9.17, 15) is 0 Å². The second kappa shape index (κ2) is 14.0. The van der Waals surface area contributed by atoms with E-state index in [1.54, 1.807) is 20.4 Å². The van der Waals surface area contributed by atoms with Crippen molar-refractivity contribution in [2.75, 3.05) is 65.1 Å². The third-order valence-electron chi connectivity index (χ3n) is 5.11. The maximum absolute atomic E-state index is 5.74. The van der Waals surface area contributed by atoms with Crippen molar-refractivity contribution in [3.05, 3.63) is 48.2 Å². The van der Waals surface area contributed by atoms with E-state index in [2.05, 4.69) is 39.2 Å². The van der Waals surface area contributed by atoms with Crippen LogP contribution in [0.25, 0.3) is 0 Å². The predicted molar refractivity (Wildman–Crippen MR) is 139 cm³/mol. The summed E-state index contributed by atoms with van der Waals surface area (Å²) in [6, 6.07) is 12.1. The minimum Gasteiger partial charge on any atom is -0.497 e. The number of nitrogens with zero attached hydrogens (tertiary/aromatic N) is 4. The first kappa shape index (κ1) is 26.0. The van der Waals surface area contributed by atoms with Crippen molar-refractivity contribution in [3.8, 4) is 11.6 Å². The molecule has 1 aliphatic heterocycles. The van der Waals surface area contributed by atoms with Crippen LogP contribution < -0.4 is 19.7 Å². The Morgan fingerprint density at radius 2 is 1.91 bits per heavy atom. The Morgan fingerprint density at radius 3 is 2.62 bits per heavy atom. The predicted octanol–water partition coefficient (Wildman–Crippen LogP) is 3.02. The number of hydrogen-bond donors (Lipinski definition) is 1. The molecule has 2 heterocycles. The third-order valence-corrected chi connectivity index (χ3v) is 5.11. The van der Waals surface area contributed by atoms with Gasteiger partial charge in [0.1, 0.15) is 12.4 Å². The molecule has 1 fully saturated rings. The first-order chi connectivity index (χ1) is 15.2. The monoisotopic (exact) mass is 555 g/mol. The molecular formula is C23H34IN5O3. The Hall–Kier alpha value is -2.27. The quantitative estimate of drug-likeness (QED) is 0.221. The molecule has 1 aliphatic rings. The highest BCUT2D eigenvalue weighted by Crippen LogP contribution is 2.22. The van der Waals surface area contributed by atoms with Gasteiger partial charge in [-0.3, -0.25) is 0 Å². The number of aromatic nitrogens is 1. The van der Waals surface area contributed by atoms with E-state index in [0.717, 1.165) is 50.0 Å². The average molecular weight is 555 g/mol. The van der Waals surface area contributed by atoms with Crippen LogP contribution in [0.3, 0.4) is 0 Å². The number of piperazine rings is 1. The first-order valence-corrected chi connectivity index (χ1v) is 10.7. The summed E-state index contributed by atoms with van der Waals surface area (Å²) >= 11 is 0. The fourth-order valence-corrected chi connectivity index (χ4v) is 3.47. The fourth-order valence-electron chi connectivity index (χ4n) is 3.47. The van der Waals surface area contributed by atoms with Crippen LogP contribution in [0.15, 0.2) is 47.6 Å². The molecule has 176 valence electrons.